The van der Waals surface area contributed by atoms with Gasteiger partial charge in [-0.05, 0) is 0 Å². The van der Waals surface area contributed by atoms with Gasteiger partial charge in [-0.15, -0.1) is 5.28 Å². The van der Waals surface area contributed by atoms with Crippen molar-refractivity contribution in [2.75, 3.05) is 0 Å². The highest BCUT2D eigenvalue weighted by molar-refractivity contribution is 6.08. The molecule has 0 nitrogen and oxygen atoms in total. The molecule has 0 rings (SSSR count). The third-order valence-corrected chi connectivity index (χ3v) is 1.50. The highest BCUT2D eigenvalue weighted by Gasteiger charge is 1.58. The van der Waals surface area contributed by atoms with Gasteiger partial charge in [0.25, 0.3) is 0 Å². The Morgan fingerprint density at radius 1 is 2.00 bits per heavy atom. The van der Waals surface area contributed by atoms with E-state index in [1.54, 1.807) is 0 Å². The fourth-order valence-corrected chi connectivity index (χ4v) is 0. The largest absolute Gasteiger partial charge is 0.211 e. The molecule has 0 aromatic rings. The van der Waals surface area contributed by atoms with Crippen molar-refractivity contribution >= 4 is 16.3 Å². The summed E-state index contributed by atoms with van der Waals surface area (Å²) in [6, 6.07) is 0. The lowest BCUT2D eigenvalue weighted by Gasteiger charge is -1.66. The molecule has 0 N–H and O–H groups in total. The van der Waals surface area contributed by atoms with Crippen molar-refractivity contribution in [2.45, 2.75) is 18.6 Å². The molecule has 28 valence electrons. The van der Waals surface area contributed by atoms with Crippen molar-refractivity contribution in [1.29, 1.82) is 0 Å². The summed E-state index contributed by atoms with van der Waals surface area (Å²) in [7, 11) is 0. The normalized spacial score (nSPS) is 7.25. The zero-order valence-corrected chi connectivity index (χ0v) is 5.41. The van der Waals surface area contributed by atoms with Crippen molar-refractivity contribution < 1.29 is 2.85 Å². The standard InChI is InChI=1S/C3H7.Al.2H2.2H/c1-3-2;;;;;/h1,3H2,2H3;;2*1H;;. The average molecular weight is 76.1 g/mol. The van der Waals surface area contributed by atoms with Gasteiger partial charge >= 0.3 is 0 Å². The van der Waals surface area contributed by atoms with Crippen LogP contribution in [0.25, 0.3) is 0 Å². The zero-order valence-electron chi connectivity index (χ0n) is 3.41. The molecule has 0 atom stereocenters. The lowest BCUT2D eigenvalue weighted by molar-refractivity contribution is 1.08. The first kappa shape index (κ1) is 4.53. The van der Waals surface area contributed by atoms with Gasteiger partial charge in [-0.3, -0.25) is 0 Å². The monoisotopic (exact) mass is 76.1 g/mol. The van der Waals surface area contributed by atoms with E-state index in [2.05, 4.69) is 6.92 Å². The Labute approximate surface area is 38.6 Å². The van der Waals surface area contributed by atoms with Crippen LogP contribution >= 0.6 is 0 Å². The second kappa shape index (κ2) is 3.53. The van der Waals surface area contributed by atoms with Gasteiger partial charge in [0.05, 0.1) is 0 Å². The molecule has 0 heterocycles. The van der Waals surface area contributed by atoms with Crippen LogP contribution in [0.2, 0.25) is 5.28 Å². The summed E-state index contributed by atoms with van der Waals surface area (Å²) in [5.41, 5.74) is 0. The maximum absolute atomic E-state index is 2.22. The molecular formula is C3H13Al. The number of rotatable bonds is 1. The summed E-state index contributed by atoms with van der Waals surface area (Å²) >= 11 is 1.39. The van der Waals surface area contributed by atoms with Crippen LogP contribution in [0.5, 0.6) is 0 Å². The van der Waals surface area contributed by atoms with Crippen molar-refractivity contribution in [3.63, 3.8) is 0 Å². The van der Waals surface area contributed by atoms with Crippen molar-refractivity contribution in [2.24, 2.45) is 0 Å². The Hall–Kier alpha value is 0.532. The number of hydrogen-bond acceptors (Lipinski definition) is 0. The first-order valence-electron chi connectivity index (χ1n) is 1.91. The van der Waals surface area contributed by atoms with Crippen molar-refractivity contribution in [3.05, 3.63) is 0 Å². The predicted molar refractivity (Wildman–Crippen MR) is 27.9 cm³/mol. The summed E-state index contributed by atoms with van der Waals surface area (Å²) < 4.78 is 0. The molecule has 0 fully saturated rings. The van der Waals surface area contributed by atoms with Crippen LogP contribution < -0.4 is 0 Å². The zero-order chi connectivity index (χ0) is 3.41. The second-order valence-corrected chi connectivity index (χ2v) is 2.00. The molecule has 0 unspecified atom stereocenters. The number of hydrogen-bond donors (Lipinski definition) is 0. The topological polar surface area (TPSA) is 0 Å². The van der Waals surface area contributed by atoms with Gasteiger partial charge in [-0.2, -0.15) is 0 Å². The van der Waals surface area contributed by atoms with Gasteiger partial charge in [0.15, 0.2) is 0 Å². The van der Waals surface area contributed by atoms with Gasteiger partial charge in [0.1, 0.15) is 0 Å². The minimum atomic E-state index is 0. The summed E-state index contributed by atoms with van der Waals surface area (Å²) in [5, 5.41) is 1.46. The Bertz CT molecular complexity index is 10.8. The van der Waals surface area contributed by atoms with Gasteiger partial charge in [-0.1, -0.05) is 13.3 Å². The third-order valence-electron chi connectivity index (χ3n) is 0.500. The van der Waals surface area contributed by atoms with E-state index < -0.39 is 0 Å². The van der Waals surface area contributed by atoms with E-state index in [1.807, 2.05) is 0 Å². The fraction of sp³-hybridized carbons (Fsp3) is 1.00. The van der Waals surface area contributed by atoms with Crippen LogP contribution in [0.3, 0.4) is 0 Å². The lowest BCUT2D eigenvalue weighted by Crippen LogP contribution is -1.55. The minimum absolute atomic E-state index is 0. The SMILES string of the molecule is CC[CH2][AlH2].[HH].[HH]. The maximum Gasteiger partial charge on any atom is 0.211 e. The summed E-state index contributed by atoms with van der Waals surface area (Å²) in [5.74, 6) is 0. The Morgan fingerprint density at radius 2 is 2.25 bits per heavy atom. The lowest BCUT2D eigenvalue weighted by atomic mass is 10.6. The predicted octanol–water partition coefficient (Wildman–Crippen LogP) is 0.940. The van der Waals surface area contributed by atoms with Crippen LogP contribution in [0, 0.1) is 0 Å². The van der Waals surface area contributed by atoms with E-state index in [0.717, 1.165) is 0 Å². The van der Waals surface area contributed by atoms with Crippen LogP contribution in [-0.4, -0.2) is 16.3 Å². The first-order valence-corrected chi connectivity index (χ1v) is 3.33. The molecule has 0 amide bonds. The summed E-state index contributed by atoms with van der Waals surface area (Å²) in [4.78, 5) is 0. The van der Waals surface area contributed by atoms with E-state index in [4.69, 9.17) is 0 Å². The molecule has 0 saturated carbocycles. The average Bonchev–Trinajstić information content (AvgIpc) is 1.37. The molecule has 0 aliphatic carbocycles. The highest BCUT2D eigenvalue weighted by Crippen LogP contribution is 1.73. The molecular weight excluding hydrogens is 63.0 g/mol. The van der Waals surface area contributed by atoms with Crippen LogP contribution in [-0.2, 0) is 0 Å². The molecule has 0 radical (unpaired) electrons. The molecule has 0 saturated heterocycles. The molecule has 0 aromatic heterocycles. The van der Waals surface area contributed by atoms with Crippen LogP contribution in [0.1, 0.15) is 16.2 Å². The first-order chi connectivity index (χ1) is 1.91. The van der Waals surface area contributed by atoms with Gasteiger partial charge in [0, 0.05) is 2.85 Å². The highest BCUT2D eigenvalue weighted by atomic mass is 27.0. The third kappa shape index (κ3) is 2.53. The van der Waals surface area contributed by atoms with E-state index in [1.165, 1.54) is 28.0 Å². The molecule has 0 aliphatic heterocycles. The van der Waals surface area contributed by atoms with E-state index in [9.17, 15) is 0 Å². The molecule has 0 bridgehead atoms. The molecule has 0 aliphatic rings. The van der Waals surface area contributed by atoms with Crippen molar-refractivity contribution in [1.82, 2.24) is 0 Å². The molecule has 0 spiro atoms. The van der Waals surface area contributed by atoms with Crippen LogP contribution in [0.15, 0.2) is 0 Å². The molecule has 1 heteroatoms. The fourth-order valence-electron chi connectivity index (χ4n) is 0. The Morgan fingerprint density at radius 3 is 2.25 bits per heavy atom. The molecule has 4 heavy (non-hydrogen) atoms. The van der Waals surface area contributed by atoms with Crippen molar-refractivity contribution in [3.8, 4) is 0 Å². The van der Waals surface area contributed by atoms with Gasteiger partial charge < -0.3 is 0 Å². The minimum Gasteiger partial charge on any atom is -0.101 e. The summed E-state index contributed by atoms with van der Waals surface area (Å²) in [6.07, 6.45) is 1.38. The van der Waals surface area contributed by atoms with E-state index >= 15 is 0 Å². The van der Waals surface area contributed by atoms with Gasteiger partial charge in [-0.25, -0.2) is 0 Å². The molecule has 0 aromatic carbocycles. The van der Waals surface area contributed by atoms with E-state index in [-0.39, 0.29) is 2.85 Å². The second-order valence-electron chi connectivity index (χ2n) is 1.000. The smallest absolute Gasteiger partial charge is 0.101 e. The Kier molecular flexibility index (Phi) is 4.00. The van der Waals surface area contributed by atoms with Gasteiger partial charge in [0.2, 0.25) is 16.3 Å². The van der Waals surface area contributed by atoms with E-state index in [0.29, 0.717) is 0 Å². The quantitative estimate of drug-likeness (QED) is 0.408. The maximum atomic E-state index is 2.22. The van der Waals surface area contributed by atoms with Crippen LogP contribution in [0.4, 0.5) is 0 Å². The Balaban J connectivity index is -0.0000000450. The summed E-state index contributed by atoms with van der Waals surface area (Å²) in [6.45, 7) is 2.22.